The van der Waals surface area contributed by atoms with Crippen LogP contribution in [0.1, 0.15) is 52.9 Å². The molecule has 0 spiro atoms. The normalized spacial score (nSPS) is 28.3. The van der Waals surface area contributed by atoms with Gasteiger partial charge in [0, 0.05) is 18.6 Å². The van der Waals surface area contributed by atoms with Crippen molar-refractivity contribution in [2.24, 2.45) is 5.92 Å². The molecule has 1 aliphatic carbocycles. The van der Waals surface area contributed by atoms with E-state index >= 15 is 0 Å². The van der Waals surface area contributed by atoms with E-state index in [4.69, 9.17) is 0 Å². The molecule has 0 aromatic heterocycles. The molecule has 0 aromatic rings. The number of hydrogen-bond donors (Lipinski definition) is 1. The average Bonchev–Trinajstić information content (AvgIpc) is 2.29. The Morgan fingerprint density at radius 2 is 2.06 bits per heavy atom. The van der Waals surface area contributed by atoms with Gasteiger partial charge in [0.25, 0.3) is 0 Å². The third kappa shape index (κ3) is 4.06. The van der Waals surface area contributed by atoms with Gasteiger partial charge in [-0.1, -0.05) is 33.6 Å². The smallest absolute Gasteiger partial charge is 0.0217 e. The van der Waals surface area contributed by atoms with Crippen molar-refractivity contribution in [1.29, 1.82) is 0 Å². The van der Waals surface area contributed by atoms with Crippen LogP contribution in [-0.2, 0) is 0 Å². The summed E-state index contributed by atoms with van der Waals surface area (Å²) in [7, 11) is 2.33. The summed E-state index contributed by atoms with van der Waals surface area (Å²) in [5, 5.41) is 3.49. The van der Waals surface area contributed by atoms with Crippen LogP contribution in [0.25, 0.3) is 0 Å². The second-order valence-electron chi connectivity index (χ2n) is 5.46. The Morgan fingerprint density at radius 3 is 2.62 bits per heavy atom. The van der Waals surface area contributed by atoms with Gasteiger partial charge in [-0.05, 0) is 38.8 Å². The van der Waals surface area contributed by atoms with Crippen molar-refractivity contribution in [2.75, 3.05) is 20.1 Å². The van der Waals surface area contributed by atoms with Gasteiger partial charge < -0.3 is 5.32 Å². The average molecular weight is 226 g/mol. The van der Waals surface area contributed by atoms with Gasteiger partial charge in [0.15, 0.2) is 0 Å². The summed E-state index contributed by atoms with van der Waals surface area (Å²) in [5.74, 6) is 0.929. The van der Waals surface area contributed by atoms with Crippen molar-refractivity contribution in [3.63, 3.8) is 0 Å². The van der Waals surface area contributed by atoms with Gasteiger partial charge in [0.2, 0.25) is 0 Å². The highest BCUT2D eigenvalue weighted by molar-refractivity contribution is 4.81. The monoisotopic (exact) mass is 226 g/mol. The predicted octanol–water partition coefficient (Wildman–Crippen LogP) is 2.89. The Morgan fingerprint density at radius 1 is 1.31 bits per heavy atom. The van der Waals surface area contributed by atoms with E-state index < -0.39 is 0 Å². The van der Waals surface area contributed by atoms with Gasteiger partial charge in [-0.3, -0.25) is 4.90 Å². The number of likely N-dealkylation sites (N-methyl/N-ethyl adjacent to an activating group) is 2. The second-order valence-corrected chi connectivity index (χ2v) is 5.46. The first-order valence-corrected chi connectivity index (χ1v) is 7.11. The molecule has 0 radical (unpaired) electrons. The highest BCUT2D eigenvalue weighted by Crippen LogP contribution is 2.27. The number of rotatable bonds is 6. The van der Waals surface area contributed by atoms with Crippen LogP contribution in [0.4, 0.5) is 0 Å². The molecule has 1 fully saturated rings. The van der Waals surface area contributed by atoms with Crippen molar-refractivity contribution in [3.8, 4) is 0 Å². The molecule has 1 aliphatic rings. The molecule has 0 aliphatic heterocycles. The minimum absolute atomic E-state index is 0.718. The summed E-state index contributed by atoms with van der Waals surface area (Å²) in [6, 6.07) is 1.54. The van der Waals surface area contributed by atoms with Crippen LogP contribution in [0.2, 0.25) is 0 Å². The van der Waals surface area contributed by atoms with Crippen molar-refractivity contribution < 1.29 is 0 Å². The van der Waals surface area contributed by atoms with E-state index in [0.717, 1.165) is 31.1 Å². The van der Waals surface area contributed by atoms with Crippen molar-refractivity contribution in [3.05, 3.63) is 0 Å². The van der Waals surface area contributed by atoms with Gasteiger partial charge >= 0.3 is 0 Å². The van der Waals surface area contributed by atoms with Gasteiger partial charge in [-0.15, -0.1) is 0 Å². The number of nitrogens with zero attached hydrogens (tertiary/aromatic N) is 1. The van der Waals surface area contributed by atoms with Gasteiger partial charge in [0.05, 0.1) is 0 Å². The Hall–Kier alpha value is -0.0800. The lowest BCUT2D eigenvalue weighted by atomic mass is 9.85. The molecule has 1 rings (SSSR count). The van der Waals surface area contributed by atoms with Gasteiger partial charge in [-0.2, -0.15) is 0 Å². The first-order valence-electron chi connectivity index (χ1n) is 7.11. The van der Waals surface area contributed by atoms with Gasteiger partial charge in [0.1, 0.15) is 0 Å². The highest BCUT2D eigenvalue weighted by atomic mass is 15.2. The zero-order valence-corrected chi connectivity index (χ0v) is 11.6. The van der Waals surface area contributed by atoms with E-state index in [1.54, 1.807) is 0 Å². The summed E-state index contributed by atoms with van der Waals surface area (Å²) in [4.78, 5) is 2.64. The maximum Gasteiger partial charge on any atom is 0.0217 e. The summed E-state index contributed by atoms with van der Waals surface area (Å²) in [5.41, 5.74) is 0. The Labute approximate surface area is 102 Å². The fourth-order valence-corrected chi connectivity index (χ4v) is 2.96. The van der Waals surface area contributed by atoms with Crippen LogP contribution in [0.15, 0.2) is 0 Å². The minimum Gasteiger partial charge on any atom is -0.315 e. The van der Waals surface area contributed by atoms with E-state index in [0.29, 0.717) is 0 Å². The predicted molar refractivity (Wildman–Crippen MR) is 71.8 cm³/mol. The van der Waals surface area contributed by atoms with Crippen molar-refractivity contribution in [1.82, 2.24) is 10.2 Å². The first kappa shape index (κ1) is 14.0. The SMILES string of the molecule is CCNCC(CC)N(C)C1CCCC(C)C1. The zero-order chi connectivity index (χ0) is 12.0. The maximum atomic E-state index is 3.49. The lowest BCUT2D eigenvalue weighted by Gasteiger charge is -2.39. The molecule has 1 saturated carbocycles. The summed E-state index contributed by atoms with van der Waals surface area (Å²) in [6.07, 6.45) is 6.93. The molecule has 0 bridgehead atoms. The van der Waals surface area contributed by atoms with E-state index in [9.17, 15) is 0 Å². The quantitative estimate of drug-likeness (QED) is 0.749. The fraction of sp³-hybridized carbons (Fsp3) is 1.00. The molecule has 0 heterocycles. The lowest BCUT2D eigenvalue weighted by molar-refractivity contribution is 0.114. The summed E-state index contributed by atoms with van der Waals surface area (Å²) < 4.78 is 0. The molecule has 0 aromatic carbocycles. The molecule has 16 heavy (non-hydrogen) atoms. The van der Waals surface area contributed by atoms with Crippen LogP contribution in [-0.4, -0.2) is 37.1 Å². The summed E-state index contributed by atoms with van der Waals surface area (Å²) in [6.45, 7) is 9.14. The van der Waals surface area contributed by atoms with E-state index in [1.165, 1.54) is 32.1 Å². The number of nitrogens with one attached hydrogen (secondary N) is 1. The fourth-order valence-electron chi connectivity index (χ4n) is 2.96. The highest BCUT2D eigenvalue weighted by Gasteiger charge is 2.25. The Kier molecular flexibility index (Phi) is 6.37. The molecule has 1 N–H and O–H groups in total. The maximum absolute atomic E-state index is 3.49. The van der Waals surface area contributed by atoms with Crippen LogP contribution in [0, 0.1) is 5.92 Å². The van der Waals surface area contributed by atoms with Crippen LogP contribution >= 0.6 is 0 Å². The Balaban J connectivity index is 2.42. The van der Waals surface area contributed by atoms with Crippen molar-refractivity contribution >= 4 is 0 Å². The van der Waals surface area contributed by atoms with E-state index in [-0.39, 0.29) is 0 Å². The first-order chi connectivity index (χ1) is 7.69. The third-order valence-electron chi connectivity index (χ3n) is 4.16. The number of hydrogen-bond acceptors (Lipinski definition) is 2. The van der Waals surface area contributed by atoms with Crippen LogP contribution in [0.3, 0.4) is 0 Å². The minimum atomic E-state index is 0.718. The van der Waals surface area contributed by atoms with Crippen LogP contribution < -0.4 is 5.32 Å². The van der Waals surface area contributed by atoms with E-state index in [2.05, 4.69) is 38.0 Å². The standard InChI is InChI=1S/C14H30N2/c1-5-13(11-15-6-2)16(4)14-9-7-8-12(3)10-14/h12-15H,5-11H2,1-4H3. The molecule has 2 nitrogen and oxygen atoms in total. The van der Waals surface area contributed by atoms with Gasteiger partial charge in [-0.25, -0.2) is 0 Å². The summed E-state index contributed by atoms with van der Waals surface area (Å²) >= 11 is 0. The molecule has 96 valence electrons. The third-order valence-corrected chi connectivity index (χ3v) is 4.16. The molecular weight excluding hydrogens is 196 g/mol. The van der Waals surface area contributed by atoms with Crippen LogP contribution in [0.5, 0.6) is 0 Å². The largest absolute Gasteiger partial charge is 0.315 e. The Bertz CT molecular complexity index is 182. The molecular formula is C14H30N2. The van der Waals surface area contributed by atoms with Crippen molar-refractivity contribution in [2.45, 2.75) is 65.0 Å². The molecule has 2 heteroatoms. The zero-order valence-electron chi connectivity index (χ0n) is 11.6. The molecule has 0 amide bonds. The topological polar surface area (TPSA) is 15.3 Å². The lowest BCUT2D eigenvalue weighted by Crippen LogP contribution is -2.46. The van der Waals surface area contributed by atoms with E-state index in [1.807, 2.05) is 0 Å². The molecule has 3 atom stereocenters. The molecule has 3 unspecified atom stereocenters. The molecule has 0 saturated heterocycles. The second kappa shape index (κ2) is 7.29.